The monoisotopic (exact) mass is 295 g/mol. The molecule has 1 fully saturated rings. The summed E-state index contributed by atoms with van der Waals surface area (Å²) in [6, 6.07) is 15.1. The van der Waals surface area contributed by atoms with Crippen molar-refractivity contribution in [1.29, 1.82) is 0 Å². The third-order valence-electron chi connectivity index (χ3n) is 4.45. The average Bonchev–Trinajstić information content (AvgIpc) is 2.95. The van der Waals surface area contributed by atoms with Crippen LogP contribution in [0.5, 0.6) is 0 Å². The van der Waals surface area contributed by atoms with E-state index in [0.29, 0.717) is 11.5 Å². The summed E-state index contributed by atoms with van der Waals surface area (Å²) >= 11 is 0. The first-order chi connectivity index (χ1) is 10.8. The molecule has 1 saturated heterocycles. The molecule has 2 heterocycles. The molecule has 0 unspecified atom stereocenters. The molecule has 0 saturated carbocycles. The van der Waals surface area contributed by atoms with Crippen molar-refractivity contribution in [3.8, 4) is 11.1 Å². The number of benzene rings is 2. The van der Waals surface area contributed by atoms with E-state index in [1.165, 1.54) is 12.1 Å². The van der Waals surface area contributed by atoms with Gasteiger partial charge in [-0.3, -0.25) is 0 Å². The van der Waals surface area contributed by atoms with Gasteiger partial charge in [-0.1, -0.05) is 30.3 Å². The first-order valence-corrected chi connectivity index (χ1v) is 7.81. The molecule has 0 bridgehead atoms. The van der Waals surface area contributed by atoms with E-state index < -0.39 is 0 Å². The molecule has 2 aromatic carbocycles. The molecule has 2 nitrogen and oxygen atoms in total. The number of hydrogen-bond donors (Lipinski definition) is 1. The predicted octanol–water partition coefficient (Wildman–Crippen LogP) is 4.71. The van der Waals surface area contributed by atoms with E-state index in [1.54, 1.807) is 0 Å². The Morgan fingerprint density at radius 1 is 1.00 bits per heavy atom. The maximum Gasteiger partial charge on any atom is 0.137 e. The zero-order chi connectivity index (χ0) is 14.9. The molecule has 0 aliphatic carbocycles. The molecule has 1 aliphatic heterocycles. The van der Waals surface area contributed by atoms with Crippen LogP contribution in [0, 0.1) is 5.82 Å². The lowest BCUT2D eigenvalue weighted by Gasteiger charge is -2.22. The van der Waals surface area contributed by atoms with Crippen molar-refractivity contribution in [2.75, 3.05) is 13.1 Å². The maximum absolute atomic E-state index is 13.6. The van der Waals surface area contributed by atoms with Gasteiger partial charge in [-0.25, -0.2) is 4.39 Å². The number of hydrogen-bond acceptors (Lipinski definition) is 2. The van der Waals surface area contributed by atoms with Crippen LogP contribution in [0.25, 0.3) is 22.1 Å². The van der Waals surface area contributed by atoms with Gasteiger partial charge in [-0.2, -0.15) is 0 Å². The average molecular weight is 295 g/mol. The molecule has 22 heavy (non-hydrogen) atoms. The Hall–Kier alpha value is -2.13. The molecule has 1 aliphatic rings. The number of fused-ring (bicyclic) bond motifs is 1. The number of nitrogens with one attached hydrogen (secondary N) is 1. The second-order valence-corrected chi connectivity index (χ2v) is 5.87. The number of furan rings is 1. The third kappa shape index (κ3) is 2.32. The van der Waals surface area contributed by atoms with Crippen molar-refractivity contribution in [3.63, 3.8) is 0 Å². The van der Waals surface area contributed by atoms with Crippen LogP contribution in [-0.4, -0.2) is 13.1 Å². The fraction of sp³-hybridized carbons (Fsp3) is 0.263. The van der Waals surface area contributed by atoms with Gasteiger partial charge >= 0.3 is 0 Å². The maximum atomic E-state index is 13.6. The molecule has 3 heteroatoms. The normalized spacial score (nSPS) is 16.2. The molecule has 112 valence electrons. The molecular formula is C19H18FNO. The van der Waals surface area contributed by atoms with E-state index in [4.69, 9.17) is 4.42 Å². The van der Waals surface area contributed by atoms with Crippen LogP contribution < -0.4 is 5.32 Å². The van der Waals surface area contributed by atoms with Gasteiger partial charge in [0, 0.05) is 22.9 Å². The van der Waals surface area contributed by atoms with Gasteiger partial charge in [-0.15, -0.1) is 0 Å². The van der Waals surface area contributed by atoms with Gasteiger partial charge in [-0.05, 0) is 43.6 Å². The van der Waals surface area contributed by atoms with E-state index in [1.807, 2.05) is 24.3 Å². The lowest BCUT2D eigenvalue weighted by Crippen LogP contribution is -2.26. The van der Waals surface area contributed by atoms with Crippen LogP contribution in [-0.2, 0) is 0 Å². The lowest BCUT2D eigenvalue weighted by molar-refractivity contribution is 0.398. The summed E-state index contributed by atoms with van der Waals surface area (Å²) in [7, 11) is 0. The van der Waals surface area contributed by atoms with Gasteiger partial charge in [0.25, 0.3) is 0 Å². The Morgan fingerprint density at radius 3 is 2.55 bits per heavy atom. The summed E-state index contributed by atoms with van der Waals surface area (Å²) in [6.45, 7) is 2.01. The number of piperidine rings is 1. The van der Waals surface area contributed by atoms with Crippen molar-refractivity contribution in [3.05, 3.63) is 60.1 Å². The third-order valence-corrected chi connectivity index (χ3v) is 4.45. The van der Waals surface area contributed by atoms with Gasteiger partial charge in [0.15, 0.2) is 0 Å². The van der Waals surface area contributed by atoms with Crippen molar-refractivity contribution in [1.82, 2.24) is 5.32 Å². The Morgan fingerprint density at radius 2 is 1.77 bits per heavy atom. The van der Waals surface area contributed by atoms with Gasteiger partial charge in [0.1, 0.15) is 17.2 Å². The highest BCUT2D eigenvalue weighted by atomic mass is 19.1. The van der Waals surface area contributed by atoms with Crippen molar-refractivity contribution >= 4 is 11.0 Å². The van der Waals surface area contributed by atoms with Crippen molar-refractivity contribution < 1.29 is 8.81 Å². The van der Waals surface area contributed by atoms with Crippen LogP contribution in [0.2, 0.25) is 0 Å². The fourth-order valence-electron chi connectivity index (χ4n) is 3.36. The topological polar surface area (TPSA) is 25.2 Å². The summed E-state index contributed by atoms with van der Waals surface area (Å²) in [4.78, 5) is 0. The highest BCUT2D eigenvalue weighted by Gasteiger charge is 2.25. The summed E-state index contributed by atoms with van der Waals surface area (Å²) < 4.78 is 19.7. The summed E-state index contributed by atoms with van der Waals surface area (Å²) in [6.07, 6.45) is 2.12. The zero-order valence-corrected chi connectivity index (χ0v) is 12.3. The van der Waals surface area contributed by atoms with Crippen LogP contribution in [0.3, 0.4) is 0 Å². The van der Waals surface area contributed by atoms with Crippen molar-refractivity contribution in [2.24, 2.45) is 0 Å². The van der Waals surface area contributed by atoms with Crippen molar-refractivity contribution in [2.45, 2.75) is 18.8 Å². The second-order valence-electron chi connectivity index (χ2n) is 5.87. The molecule has 0 spiro atoms. The Labute approximate surface area is 128 Å². The fourth-order valence-corrected chi connectivity index (χ4v) is 3.36. The summed E-state index contributed by atoms with van der Waals surface area (Å²) in [5, 5.41) is 4.39. The van der Waals surface area contributed by atoms with E-state index in [-0.39, 0.29) is 5.82 Å². The van der Waals surface area contributed by atoms with Crippen LogP contribution in [0.4, 0.5) is 4.39 Å². The highest BCUT2D eigenvalue weighted by Crippen LogP contribution is 2.41. The highest BCUT2D eigenvalue weighted by molar-refractivity contribution is 5.96. The van der Waals surface area contributed by atoms with E-state index in [0.717, 1.165) is 48.2 Å². The van der Waals surface area contributed by atoms with E-state index in [2.05, 4.69) is 17.4 Å². The quantitative estimate of drug-likeness (QED) is 0.741. The van der Waals surface area contributed by atoms with Crippen LogP contribution >= 0.6 is 0 Å². The Bertz CT molecular complexity index is 788. The lowest BCUT2D eigenvalue weighted by atomic mass is 9.90. The minimum Gasteiger partial charge on any atom is -0.460 e. The largest absolute Gasteiger partial charge is 0.460 e. The number of rotatable bonds is 2. The summed E-state index contributed by atoms with van der Waals surface area (Å²) in [5.74, 6) is 1.15. The Balaban J connectivity index is 1.94. The molecular weight excluding hydrogens is 277 g/mol. The predicted molar refractivity (Wildman–Crippen MR) is 86.5 cm³/mol. The Kier molecular flexibility index (Phi) is 3.43. The second kappa shape index (κ2) is 5.58. The van der Waals surface area contributed by atoms with E-state index in [9.17, 15) is 4.39 Å². The molecule has 1 N–H and O–H groups in total. The SMILES string of the molecule is Fc1ccc2c(-c3ccccc3)c(C3CCNCC3)oc2c1. The first-order valence-electron chi connectivity index (χ1n) is 7.81. The molecule has 1 aromatic heterocycles. The van der Waals surface area contributed by atoms with E-state index >= 15 is 0 Å². The minimum atomic E-state index is -0.252. The van der Waals surface area contributed by atoms with Gasteiger partial charge in [0.05, 0.1) is 0 Å². The molecule has 3 aromatic rings. The first kappa shape index (κ1) is 13.5. The molecule has 4 rings (SSSR count). The summed E-state index contributed by atoms with van der Waals surface area (Å²) in [5.41, 5.74) is 2.91. The minimum absolute atomic E-state index is 0.252. The molecule has 0 amide bonds. The van der Waals surface area contributed by atoms with Gasteiger partial charge < -0.3 is 9.73 Å². The molecule has 0 atom stereocenters. The van der Waals surface area contributed by atoms with Crippen LogP contribution in [0.1, 0.15) is 24.5 Å². The zero-order valence-electron chi connectivity index (χ0n) is 12.3. The molecule has 0 radical (unpaired) electrons. The number of halogens is 1. The van der Waals surface area contributed by atoms with Crippen LogP contribution in [0.15, 0.2) is 52.9 Å². The van der Waals surface area contributed by atoms with Gasteiger partial charge in [0.2, 0.25) is 0 Å². The smallest absolute Gasteiger partial charge is 0.137 e. The standard InChI is InChI=1S/C19H18FNO/c20-15-6-7-16-17(12-15)22-19(14-8-10-21-11-9-14)18(16)13-4-2-1-3-5-13/h1-7,12,14,21H,8-11H2.